The van der Waals surface area contributed by atoms with Crippen LogP contribution in [0.4, 0.5) is 0 Å². The summed E-state index contributed by atoms with van der Waals surface area (Å²) in [7, 11) is 0. The third-order valence-corrected chi connectivity index (χ3v) is 5.79. The maximum atomic E-state index is 4.05. The van der Waals surface area contributed by atoms with E-state index in [9.17, 15) is 0 Å². The van der Waals surface area contributed by atoms with Crippen LogP contribution in [0, 0.1) is 16.7 Å². The van der Waals surface area contributed by atoms with Crippen molar-refractivity contribution in [1.82, 2.24) is 0 Å². The highest BCUT2D eigenvalue weighted by Crippen LogP contribution is 2.73. The second-order valence-electron chi connectivity index (χ2n) is 6.98. The molecule has 100 valence electrons. The molecule has 0 radical (unpaired) electrons. The van der Waals surface area contributed by atoms with Gasteiger partial charge in [-0.1, -0.05) is 75.0 Å². The topological polar surface area (TPSA) is 0 Å². The molecule has 19 heavy (non-hydrogen) atoms. The molecule has 3 aliphatic rings. The van der Waals surface area contributed by atoms with Gasteiger partial charge in [-0.3, -0.25) is 0 Å². The summed E-state index contributed by atoms with van der Waals surface area (Å²) in [5.41, 5.74) is 5.21. The Balaban J connectivity index is 2.08. The predicted octanol–water partition coefficient (Wildman–Crippen LogP) is 5.37. The van der Waals surface area contributed by atoms with Crippen LogP contribution in [0.2, 0.25) is 0 Å². The lowest BCUT2D eigenvalue weighted by Gasteiger charge is -2.58. The highest BCUT2D eigenvalue weighted by atomic mass is 14.7. The smallest absolute Gasteiger partial charge is 0.00109 e. The van der Waals surface area contributed by atoms with Crippen molar-refractivity contribution in [3.05, 3.63) is 59.8 Å². The first-order valence-corrected chi connectivity index (χ1v) is 7.41. The fourth-order valence-corrected chi connectivity index (χ4v) is 4.47. The van der Waals surface area contributed by atoms with Gasteiger partial charge in [0.2, 0.25) is 0 Å². The van der Waals surface area contributed by atoms with E-state index in [2.05, 4.69) is 63.8 Å². The zero-order valence-electron chi connectivity index (χ0n) is 12.4. The molecule has 0 aromatic rings. The Bertz CT molecular complexity index is 538. The quantitative estimate of drug-likeness (QED) is 0.588. The van der Waals surface area contributed by atoms with E-state index < -0.39 is 0 Å². The van der Waals surface area contributed by atoms with Crippen molar-refractivity contribution in [2.75, 3.05) is 0 Å². The minimum Gasteiger partial charge on any atom is -0.0918 e. The van der Waals surface area contributed by atoms with Gasteiger partial charge >= 0.3 is 0 Å². The van der Waals surface area contributed by atoms with E-state index in [0.29, 0.717) is 10.8 Å². The van der Waals surface area contributed by atoms with Gasteiger partial charge in [-0.2, -0.15) is 0 Å². The summed E-state index contributed by atoms with van der Waals surface area (Å²) in [5.74, 6) is 0.756. The molecule has 2 saturated carbocycles. The summed E-state index contributed by atoms with van der Waals surface area (Å²) >= 11 is 0. The van der Waals surface area contributed by atoms with E-state index in [1.54, 1.807) is 11.1 Å². The van der Waals surface area contributed by atoms with Gasteiger partial charge in [0, 0.05) is 0 Å². The molecule has 0 heterocycles. The molecule has 3 rings (SSSR count). The van der Waals surface area contributed by atoms with Crippen LogP contribution in [0.1, 0.15) is 40.0 Å². The first-order valence-electron chi connectivity index (χ1n) is 7.41. The maximum absolute atomic E-state index is 4.05. The predicted molar refractivity (Wildman–Crippen MR) is 82.8 cm³/mol. The van der Waals surface area contributed by atoms with Gasteiger partial charge in [0.1, 0.15) is 0 Å². The molecule has 0 aliphatic heterocycles. The van der Waals surface area contributed by atoms with Crippen molar-refractivity contribution in [1.29, 1.82) is 0 Å². The van der Waals surface area contributed by atoms with Crippen molar-refractivity contribution < 1.29 is 0 Å². The molecule has 2 bridgehead atoms. The largest absolute Gasteiger partial charge is 0.0918 e. The molecule has 0 N–H and O–H groups in total. The Kier molecular flexibility index (Phi) is 2.74. The van der Waals surface area contributed by atoms with Gasteiger partial charge in [-0.25, -0.2) is 0 Å². The van der Waals surface area contributed by atoms with Crippen LogP contribution in [-0.4, -0.2) is 0 Å². The van der Waals surface area contributed by atoms with Crippen LogP contribution in [0.25, 0.3) is 0 Å². The first kappa shape index (κ1) is 12.7. The van der Waals surface area contributed by atoms with E-state index in [0.717, 1.165) is 11.5 Å². The Morgan fingerprint density at radius 2 is 1.74 bits per heavy atom. The second kappa shape index (κ2) is 4.10. The molecular formula is C19H24. The van der Waals surface area contributed by atoms with E-state index in [4.69, 9.17) is 0 Å². The average Bonchev–Trinajstić information content (AvgIpc) is 2.54. The second-order valence-corrected chi connectivity index (χ2v) is 6.98. The lowest BCUT2D eigenvalue weighted by Crippen LogP contribution is -2.50. The standard InChI is InChI=1S/C19H24/c1-14(2)19-12-16-9-5-7-15(3)8-6-10-17(13-19)18(19,4)11-16/h5-10,14H,3,11-13H2,1-2,4H3/b7-5-,8-6-,16-9+,17-10-. The lowest BCUT2D eigenvalue weighted by molar-refractivity contribution is -0.00710. The summed E-state index contributed by atoms with van der Waals surface area (Å²) in [6, 6.07) is 0. The van der Waals surface area contributed by atoms with Crippen LogP contribution in [0.5, 0.6) is 0 Å². The maximum Gasteiger partial charge on any atom is -0.00109 e. The van der Waals surface area contributed by atoms with Crippen molar-refractivity contribution in [3.8, 4) is 0 Å². The van der Waals surface area contributed by atoms with Crippen LogP contribution in [-0.2, 0) is 0 Å². The van der Waals surface area contributed by atoms with E-state index in [1.807, 2.05) is 0 Å². The van der Waals surface area contributed by atoms with Crippen LogP contribution < -0.4 is 0 Å². The summed E-state index contributed by atoms with van der Waals surface area (Å²) in [6.07, 6.45) is 17.0. The molecule has 2 unspecified atom stereocenters. The van der Waals surface area contributed by atoms with Gasteiger partial charge in [0.15, 0.2) is 0 Å². The Morgan fingerprint density at radius 3 is 2.42 bits per heavy atom. The SMILES string of the molecule is C=C1/C=C\C=C2/CC3(C)/C(=C\C=C/1)CC3(C(C)C)C2. The van der Waals surface area contributed by atoms with Gasteiger partial charge in [-0.15, -0.1) is 0 Å². The number of rotatable bonds is 1. The third-order valence-electron chi connectivity index (χ3n) is 5.79. The van der Waals surface area contributed by atoms with E-state index in [1.165, 1.54) is 19.3 Å². The molecule has 2 atom stereocenters. The molecular weight excluding hydrogens is 228 g/mol. The van der Waals surface area contributed by atoms with Gasteiger partial charge in [0.25, 0.3) is 0 Å². The Hall–Kier alpha value is -1.30. The molecule has 2 fully saturated rings. The van der Waals surface area contributed by atoms with Crippen molar-refractivity contribution in [3.63, 3.8) is 0 Å². The van der Waals surface area contributed by atoms with Crippen LogP contribution in [0.3, 0.4) is 0 Å². The van der Waals surface area contributed by atoms with Crippen molar-refractivity contribution in [2.45, 2.75) is 40.0 Å². The third kappa shape index (κ3) is 1.65. The summed E-state index contributed by atoms with van der Waals surface area (Å²) < 4.78 is 0. The van der Waals surface area contributed by atoms with Crippen molar-refractivity contribution in [2.24, 2.45) is 16.7 Å². The highest BCUT2D eigenvalue weighted by Gasteiger charge is 2.63. The van der Waals surface area contributed by atoms with Gasteiger partial charge in [-0.05, 0) is 41.6 Å². The van der Waals surface area contributed by atoms with E-state index >= 15 is 0 Å². The molecule has 0 spiro atoms. The lowest BCUT2D eigenvalue weighted by atomic mass is 9.45. The number of hydrogen-bond acceptors (Lipinski definition) is 0. The monoisotopic (exact) mass is 252 g/mol. The summed E-state index contributed by atoms with van der Waals surface area (Å²) in [4.78, 5) is 0. The zero-order chi connectivity index (χ0) is 13.7. The molecule has 0 heteroatoms. The molecule has 0 nitrogen and oxygen atoms in total. The Morgan fingerprint density at radius 1 is 1.05 bits per heavy atom. The molecule has 0 aromatic heterocycles. The number of fused-ring (bicyclic) bond motifs is 1. The van der Waals surface area contributed by atoms with Crippen molar-refractivity contribution >= 4 is 0 Å². The Labute approximate surface area is 117 Å². The fourth-order valence-electron chi connectivity index (χ4n) is 4.47. The number of hydrogen-bond donors (Lipinski definition) is 0. The normalized spacial score (nSPS) is 45.6. The van der Waals surface area contributed by atoms with Crippen LogP contribution in [0.15, 0.2) is 59.8 Å². The average molecular weight is 252 g/mol. The minimum atomic E-state index is 0.386. The number of allylic oxidation sites excluding steroid dienone is 9. The highest BCUT2D eigenvalue weighted by molar-refractivity contribution is 5.45. The molecule has 0 aromatic carbocycles. The molecule has 0 amide bonds. The molecule has 3 aliphatic carbocycles. The minimum absolute atomic E-state index is 0.386. The summed E-state index contributed by atoms with van der Waals surface area (Å²) in [5, 5.41) is 0. The first-order chi connectivity index (χ1) is 8.98. The van der Waals surface area contributed by atoms with Gasteiger partial charge in [0.05, 0.1) is 0 Å². The fraction of sp³-hybridized carbons (Fsp3) is 0.474. The summed E-state index contributed by atoms with van der Waals surface area (Å²) in [6.45, 7) is 11.3. The van der Waals surface area contributed by atoms with Crippen LogP contribution >= 0.6 is 0 Å². The van der Waals surface area contributed by atoms with E-state index in [-0.39, 0.29) is 0 Å². The molecule has 0 saturated heterocycles. The van der Waals surface area contributed by atoms with Gasteiger partial charge < -0.3 is 0 Å². The zero-order valence-corrected chi connectivity index (χ0v) is 12.4.